The maximum atomic E-state index is 13.9. The summed E-state index contributed by atoms with van der Waals surface area (Å²) in [7, 11) is 0. The largest absolute Gasteiger partial charge is 0.387 e. The fourth-order valence-corrected chi connectivity index (χ4v) is 5.84. The molecule has 1 amide bonds. The lowest BCUT2D eigenvalue weighted by atomic mass is 9.95. The number of nitrogens with one attached hydrogen (secondary N) is 1. The van der Waals surface area contributed by atoms with Gasteiger partial charge in [-0.1, -0.05) is 61.0 Å². The van der Waals surface area contributed by atoms with Gasteiger partial charge in [-0.3, -0.25) is 4.79 Å². The van der Waals surface area contributed by atoms with Gasteiger partial charge in [0.1, 0.15) is 12.1 Å². The van der Waals surface area contributed by atoms with Crippen molar-refractivity contribution >= 4 is 23.3 Å². The summed E-state index contributed by atoms with van der Waals surface area (Å²) >= 11 is 6.14. The van der Waals surface area contributed by atoms with Gasteiger partial charge in [-0.05, 0) is 42.5 Å². The number of hydrogen-bond acceptors (Lipinski definition) is 7. The number of rotatable bonds is 8. The molecule has 3 aromatic rings. The molecule has 39 heavy (non-hydrogen) atoms. The predicted octanol–water partition coefficient (Wildman–Crippen LogP) is 3.81. The molecule has 2 aromatic carbocycles. The molecule has 5 rings (SSSR count). The molecule has 3 N–H and O–H groups in total. The number of benzene rings is 2. The summed E-state index contributed by atoms with van der Waals surface area (Å²) in [4.78, 5) is 26.9. The van der Waals surface area contributed by atoms with Gasteiger partial charge in [-0.2, -0.15) is 0 Å². The lowest BCUT2D eigenvalue weighted by Gasteiger charge is -2.38. The molecule has 1 aliphatic carbocycles. The Morgan fingerprint density at radius 3 is 2.44 bits per heavy atom. The fourth-order valence-electron chi connectivity index (χ4n) is 5.71. The second-order valence-electron chi connectivity index (χ2n) is 10.6. The van der Waals surface area contributed by atoms with Gasteiger partial charge in [0.2, 0.25) is 5.91 Å². The van der Waals surface area contributed by atoms with Crippen molar-refractivity contribution in [2.45, 2.75) is 50.4 Å². The van der Waals surface area contributed by atoms with Gasteiger partial charge in [0, 0.05) is 49.4 Å². The van der Waals surface area contributed by atoms with E-state index in [-0.39, 0.29) is 17.9 Å². The molecule has 0 saturated carbocycles. The van der Waals surface area contributed by atoms with Crippen LogP contribution in [0.5, 0.6) is 0 Å². The van der Waals surface area contributed by atoms with Crippen molar-refractivity contribution in [2.24, 2.45) is 0 Å². The average Bonchev–Trinajstić information content (AvgIpc) is 3.27. The van der Waals surface area contributed by atoms with E-state index in [9.17, 15) is 15.0 Å². The number of carbonyl (C=O) groups is 1. The summed E-state index contributed by atoms with van der Waals surface area (Å²) in [5.41, 5.74) is 3.48. The number of amides is 1. The summed E-state index contributed by atoms with van der Waals surface area (Å²) in [6.07, 6.45) is 0.952. The van der Waals surface area contributed by atoms with Crippen molar-refractivity contribution in [3.63, 3.8) is 0 Å². The first-order chi connectivity index (χ1) is 18.8. The van der Waals surface area contributed by atoms with Crippen LogP contribution in [-0.4, -0.2) is 69.8 Å². The fraction of sp³-hybridized carbons (Fsp3) is 0.433. The van der Waals surface area contributed by atoms with Crippen molar-refractivity contribution < 1.29 is 15.0 Å². The maximum absolute atomic E-state index is 13.9. The molecule has 1 aromatic heterocycles. The number of fused-ring (bicyclic) bond motifs is 1. The second-order valence-corrected chi connectivity index (χ2v) is 11.1. The van der Waals surface area contributed by atoms with Crippen molar-refractivity contribution in [3.05, 3.63) is 88.3 Å². The van der Waals surface area contributed by atoms with Crippen LogP contribution >= 0.6 is 11.6 Å². The van der Waals surface area contributed by atoms with E-state index in [4.69, 9.17) is 11.6 Å². The van der Waals surface area contributed by atoms with E-state index < -0.39 is 18.1 Å². The molecule has 5 atom stereocenters. The summed E-state index contributed by atoms with van der Waals surface area (Å²) in [5.74, 6) is 0.690. The average molecular weight is 550 g/mol. The minimum atomic E-state index is -0.689. The minimum Gasteiger partial charge on any atom is -0.387 e. The molecule has 206 valence electrons. The van der Waals surface area contributed by atoms with Crippen LogP contribution in [0.25, 0.3) is 0 Å². The number of anilines is 1. The van der Waals surface area contributed by atoms with E-state index in [1.54, 1.807) is 0 Å². The number of nitrogens with zero attached hydrogens (tertiary/aromatic N) is 4. The lowest BCUT2D eigenvalue weighted by molar-refractivity contribution is -0.133. The van der Waals surface area contributed by atoms with Gasteiger partial charge in [0.15, 0.2) is 0 Å². The number of aliphatic hydroxyl groups is 2. The van der Waals surface area contributed by atoms with Crippen LogP contribution in [0.15, 0.2) is 60.9 Å². The van der Waals surface area contributed by atoms with E-state index in [0.717, 1.165) is 28.2 Å². The summed E-state index contributed by atoms with van der Waals surface area (Å²) in [6.45, 7) is 6.87. The van der Waals surface area contributed by atoms with Gasteiger partial charge in [0.05, 0.1) is 23.8 Å². The molecule has 2 aliphatic rings. The van der Waals surface area contributed by atoms with E-state index >= 15 is 0 Å². The Labute approximate surface area is 234 Å². The van der Waals surface area contributed by atoms with Crippen LogP contribution in [0.2, 0.25) is 5.02 Å². The van der Waals surface area contributed by atoms with Gasteiger partial charge in [-0.15, -0.1) is 0 Å². The van der Waals surface area contributed by atoms with Crippen molar-refractivity contribution in [1.82, 2.24) is 20.2 Å². The van der Waals surface area contributed by atoms with Gasteiger partial charge in [-0.25, -0.2) is 9.97 Å². The molecular formula is C30H36ClN5O3. The van der Waals surface area contributed by atoms with E-state index in [1.165, 1.54) is 6.33 Å². The molecular weight excluding hydrogens is 514 g/mol. The van der Waals surface area contributed by atoms with Crippen molar-refractivity contribution in [1.29, 1.82) is 0 Å². The normalized spacial score (nSPS) is 21.4. The first kappa shape index (κ1) is 27.5. The quantitative estimate of drug-likeness (QED) is 0.392. The Bertz CT molecular complexity index is 1270. The molecule has 2 heterocycles. The third kappa shape index (κ3) is 5.94. The summed E-state index contributed by atoms with van der Waals surface area (Å²) in [5, 5.41) is 25.2. The molecule has 8 nitrogen and oxygen atoms in total. The van der Waals surface area contributed by atoms with Crippen LogP contribution in [-0.2, 0) is 4.79 Å². The highest BCUT2D eigenvalue weighted by atomic mass is 35.5. The number of carbonyl (C=O) groups excluding carboxylic acids is 1. The Hall–Kier alpha value is -3.04. The van der Waals surface area contributed by atoms with Crippen LogP contribution in [0.3, 0.4) is 0 Å². The third-order valence-electron chi connectivity index (χ3n) is 8.00. The zero-order chi connectivity index (χ0) is 27.5. The summed E-state index contributed by atoms with van der Waals surface area (Å²) < 4.78 is 0. The molecule has 0 radical (unpaired) electrons. The zero-order valence-electron chi connectivity index (χ0n) is 22.4. The first-order valence-electron chi connectivity index (χ1n) is 13.6. The number of piperazine rings is 1. The van der Waals surface area contributed by atoms with Gasteiger partial charge >= 0.3 is 0 Å². The second kappa shape index (κ2) is 12.0. The van der Waals surface area contributed by atoms with E-state index in [1.807, 2.05) is 66.4 Å². The molecule has 3 unspecified atom stereocenters. The molecule has 0 bridgehead atoms. The highest BCUT2D eigenvalue weighted by molar-refractivity contribution is 6.30. The van der Waals surface area contributed by atoms with Crippen molar-refractivity contribution in [3.8, 4) is 0 Å². The molecule has 1 aliphatic heterocycles. The first-order valence-corrected chi connectivity index (χ1v) is 14.0. The maximum Gasteiger partial charge on any atom is 0.231 e. The highest BCUT2D eigenvalue weighted by Gasteiger charge is 2.35. The minimum absolute atomic E-state index is 0.0441. The standard InChI is InChI=1S/C30H36ClN5O3/c1-19-16-25(37)27-26(19)29(34-18-33-27)35-12-14-36(15-13-35)30(39)24(21-8-10-23(31)11-9-21)17-32-20(2)28(38)22-6-4-3-5-7-22/h3-11,18-20,24-25,28,32,37-38H,12-17H2,1-2H3/t19-,20?,24?,25-,28?/m1/s1. The number of aliphatic hydroxyl groups excluding tert-OH is 2. The third-order valence-corrected chi connectivity index (χ3v) is 8.25. The Balaban J connectivity index is 1.28. The van der Waals surface area contributed by atoms with Crippen LogP contribution in [0.4, 0.5) is 5.82 Å². The van der Waals surface area contributed by atoms with Crippen LogP contribution < -0.4 is 10.2 Å². The predicted molar refractivity (Wildman–Crippen MR) is 152 cm³/mol. The molecule has 0 spiro atoms. The highest BCUT2D eigenvalue weighted by Crippen LogP contribution is 2.42. The van der Waals surface area contributed by atoms with E-state index in [0.29, 0.717) is 44.2 Å². The van der Waals surface area contributed by atoms with Crippen LogP contribution in [0.1, 0.15) is 66.7 Å². The lowest BCUT2D eigenvalue weighted by Crippen LogP contribution is -2.51. The van der Waals surface area contributed by atoms with Crippen molar-refractivity contribution in [2.75, 3.05) is 37.6 Å². The SMILES string of the molecule is CC(NCC(C(=O)N1CCN(c2ncnc3c2[C@H](C)C[C@H]3O)CC1)c1ccc(Cl)cc1)C(O)c1ccccc1. The smallest absolute Gasteiger partial charge is 0.231 e. The number of halogens is 1. The molecule has 1 saturated heterocycles. The van der Waals surface area contributed by atoms with Crippen LogP contribution in [0, 0.1) is 0 Å². The Kier molecular flexibility index (Phi) is 8.47. The molecule has 1 fully saturated rings. The van der Waals surface area contributed by atoms with E-state index in [2.05, 4.69) is 27.1 Å². The van der Waals surface area contributed by atoms with Gasteiger partial charge < -0.3 is 25.3 Å². The van der Waals surface area contributed by atoms with Gasteiger partial charge in [0.25, 0.3) is 0 Å². The monoisotopic (exact) mass is 549 g/mol. The Morgan fingerprint density at radius 2 is 1.74 bits per heavy atom. The molecule has 9 heteroatoms. The summed E-state index contributed by atoms with van der Waals surface area (Å²) in [6, 6.07) is 16.7. The Morgan fingerprint density at radius 1 is 1.05 bits per heavy atom. The topological polar surface area (TPSA) is 102 Å². The zero-order valence-corrected chi connectivity index (χ0v) is 23.1. The number of hydrogen-bond donors (Lipinski definition) is 3. The number of aromatic nitrogens is 2.